The molecule has 0 aliphatic carbocycles. The first-order valence-electron chi connectivity index (χ1n) is 4.71. The number of nitrogens with zero attached hydrogens (tertiary/aromatic N) is 1. The normalized spacial score (nSPS) is 15.4. The van der Waals surface area contributed by atoms with Crippen LogP contribution in [0.1, 0.15) is 37.3 Å². The Morgan fingerprint density at radius 2 is 2.23 bits per heavy atom. The lowest BCUT2D eigenvalue weighted by atomic mass is 9.92. The molecule has 1 rings (SSSR count). The van der Waals surface area contributed by atoms with Crippen molar-refractivity contribution in [1.82, 2.24) is 4.98 Å². The number of alkyl halides is 1. The molecule has 0 fully saturated rings. The van der Waals surface area contributed by atoms with Gasteiger partial charge in [-0.3, -0.25) is 4.98 Å². The zero-order valence-corrected chi connectivity index (χ0v) is 10.0. The molecule has 1 aromatic heterocycles. The summed E-state index contributed by atoms with van der Waals surface area (Å²) in [7, 11) is 0. The van der Waals surface area contributed by atoms with Crippen molar-refractivity contribution < 1.29 is 0 Å². The molecule has 0 saturated carbocycles. The Kier molecular flexibility index (Phi) is 3.91. The number of hydrogen-bond donors (Lipinski definition) is 0. The van der Waals surface area contributed by atoms with Crippen molar-refractivity contribution in [2.75, 3.05) is 0 Å². The zero-order chi connectivity index (χ0) is 9.84. The van der Waals surface area contributed by atoms with Crippen LogP contribution in [0.15, 0.2) is 18.5 Å². The number of rotatable bonds is 3. The number of hydrogen-bond acceptors (Lipinski definition) is 1. The largest absolute Gasteiger partial charge is 0.264 e. The average Bonchev–Trinajstić information content (AvgIpc) is 2.09. The van der Waals surface area contributed by atoms with E-state index < -0.39 is 0 Å². The van der Waals surface area contributed by atoms with Crippen molar-refractivity contribution in [3.8, 4) is 0 Å². The Hall–Kier alpha value is -0.370. The SMILES string of the molecule is CCC(c1ccncc1C)C(C)Br. The van der Waals surface area contributed by atoms with Gasteiger partial charge in [-0.1, -0.05) is 29.8 Å². The Bertz CT molecular complexity index is 271. The maximum absolute atomic E-state index is 4.11. The van der Waals surface area contributed by atoms with Gasteiger partial charge in [-0.15, -0.1) is 0 Å². The van der Waals surface area contributed by atoms with Crippen LogP contribution in [0.3, 0.4) is 0 Å². The molecule has 13 heavy (non-hydrogen) atoms. The second-order valence-electron chi connectivity index (χ2n) is 3.42. The van der Waals surface area contributed by atoms with Gasteiger partial charge in [-0.05, 0) is 36.5 Å². The van der Waals surface area contributed by atoms with Crippen molar-refractivity contribution in [3.63, 3.8) is 0 Å². The van der Waals surface area contributed by atoms with Crippen LogP contribution in [0.5, 0.6) is 0 Å². The van der Waals surface area contributed by atoms with Gasteiger partial charge in [0, 0.05) is 17.2 Å². The molecule has 0 saturated heterocycles. The molecule has 2 atom stereocenters. The smallest absolute Gasteiger partial charge is 0.0299 e. The number of pyridine rings is 1. The van der Waals surface area contributed by atoms with E-state index in [0.29, 0.717) is 10.7 Å². The van der Waals surface area contributed by atoms with Crippen LogP contribution in [-0.2, 0) is 0 Å². The minimum Gasteiger partial charge on any atom is -0.264 e. The van der Waals surface area contributed by atoms with E-state index in [2.05, 4.69) is 47.8 Å². The van der Waals surface area contributed by atoms with Gasteiger partial charge in [0.25, 0.3) is 0 Å². The van der Waals surface area contributed by atoms with Crippen molar-refractivity contribution in [2.45, 2.75) is 37.9 Å². The summed E-state index contributed by atoms with van der Waals surface area (Å²) in [5.74, 6) is 0.600. The van der Waals surface area contributed by atoms with Crippen molar-refractivity contribution in [2.24, 2.45) is 0 Å². The fraction of sp³-hybridized carbons (Fsp3) is 0.545. The predicted octanol–water partition coefficient (Wildman–Crippen LogP) is 3.67. The molecule has 0 radical (unpaired) electrons. The second-order valence-corrected chi connectivity index (χ2v) is 4.87. The van der Waals surface area contributed by atoms with Crippen LogP contribution < -0.4 is 0 Å². The topological polar surface area (TPSA) is 12.9 Å². The summed E-state index contributed by atoms with van der Waals surface area (Å²) in [5, 5.41) is 0. The van der Waals surface area contributed by atoms with Crippen LogP contribution >= 0.6 is 15.9 Å². The van der Waals surface area contributed by atoms with Crippen LogP contribution in [-0.4, -0.2) is 9.81 Å². The van der Waals surface area contributed by atoms with Crippen LogP contribution in [0.2, 0.25) is 0 Å². The lowest BCUT2D eigenvalue weighted by molar-refractivity contribution is 0.658. The molecular weight excluding hydrogens is 226 g/mol. The summed E-state index contributed by atoms with van der Waals surface area (Å²) in [6.45, 7) is 6.55. The molecule has 0 aliphatic heterocycles. The average molecular weight is 242 g/mol. The van der Waals surface area contributed by atoms with Gasteiger partial charge in [0.1, 0.15) is 0 Å². The van der Waals surface area contributed by atoms with E-state index in [4.69, 9.17) is 0 Å². The van der Waals surface area contributed by atoms with E-state index in [1.807, 2.05) is 12.4 Å². The van der Waals surface area contributed by atoms with Gasteiger partial charge in [0.15, 0.2) is 0 Å². The summed E-state index contributed by atoms with van der Waals surface area (Å²) < 4.78 is 0. The Balaban J connectivity index is 2.97. The standard InChI is InChI=1S/C11H16BrN/c1-4-10(9(3)12)11-5-6-13-7-8(11)2/h5-7,9-10H,4H2,1-3H3. The molecule has 2 unspecified atom stereocenters. The molecule has 0 aliphatic rings. The fourth-order valence-electron chi connectivity index (χ4n) is 1.69. The minimum atomic E-state index is 0.526. The third-order valence-corrected chi connectivity index (χ3v) is 3.10. The van der Waals surface area contributed by atoms with Gasteiger partial charge >= 0.3 is 0 Å². The second kappa shape index (κ2) is 4.75. The van der Waals surface area contributed by atoms with Crippen molar-refractivity contribution >= 4 is 15.9 Å². The van der Waals surface area contributed by atoms with E-state index in [-0.39, 0.29) is 0 Å². The Morgan fingerprint density at radius 1 is 1.54 bits per heavy atom. The highest BCUT2D eigenvalue weighted by molar-refractivity contribution is 9.09. The van der Waals surface area contributed by atoms with Crippen LogP contribution in [0.25, 0.3) is 0 Å². The van der Waals surface area contributed by atoms with E-state index in [1.165, 1.54) is 11.1 Å². The van der Waals surface area contributed by atoms with Crippen LogP contribution in [0, 0.1) is 6.92 Å². The van der Waals surface area contributed by atoms with E-state index in [0.717, 1.165) is 6.42 Å². The van der Waals surface area contributed by atoms with Gasteiger partial charge < -0.3 is 0 Å². The molecule has 2 heteroatoms. The summed E-state index contributed by atoms with van der Waals surface area (Å²) >= 11 is 3.65. The Labute approximate surface area is 88.7 Å². The number of aromatic nitrogens is 1. The van der Waals surface area contributed by atoms with Gasteiger partial charge in [-0.25, -0.2) is 0 Å². The lowest BCUT2D eigenvalue weighted by Crippen LogP contribution is -2.09. The molecule has 0 N–H and O–H groups in total. The van der Waals surface area contributed by atoms with E-state index >= 15 is 0 Å². The summed E-state index contributed by atoms with van der Waals surface area (Å²) in [4.78, 5) is 4.63. The molecule has 1 aromatic rings. The van der Waals surface area contributed by atoms with Gasteiger partial charge in [-0.2, -0.15) is 0 Å². The molecule has 0 aromatic carbocycles. The highest BCUT2D eigenvalue weighted by atomic mass is 79.9. The highest BCUT2D eigenvalue weighted by Gasteiger charge is 2.16. The first kappa shape index (κ1) is 10.7. The quantitative estimate of drug-likeness (QED) is 0.737. The molecular formula is C11H16BrN. The zero-order valence-electron chi connectivity index (χ0n) is 8.42. The number of aryl methyl sites for hydroxylation is 1. The third-order valence-electron chi connectivity index (χ3n) is 2.46. The minimum absolute atomic E-state index is 0.526. The number of halogens is 1. The molecule has 1 nitrogen and oxygen atoms in total. The van der Waals surface area contributed by atoms with Gasteiger partial charge in [0.2, 0.25) is 0 Å². The lowest BCUT2D eigenvalue weighted by Gasteiger charge is -2.19. The van der Waals surface area contributed by atoms with E-state index in [1.54, 1.807) is 0 Å². The molecule has 1 heterocycles. The molecule has 0 spiro atoms. The third kappa shape index (κ3) is 2.53. The van der Waals surface area contributed by atoms with E-state index in [9.17, 15) is 0 Å². The fourth-order valence-corrected chi connectivity index (χ4v) is 2.35. The summed E-state index contributed by atoms with van der Waals surface area (Å²) in [6, 6.07) is 2.13. The predicted molar refractivity (Wildman–Crippen MR) is 60.4 cm³/mol. The maximum atomic E-state index is 4.11. The monoisotopic (exact) mass is 241 g/mol. The van der Waals surface area contributed by atoms with Crippen molar-refractivity contribution in [3.05, 3.63) is 29.6 Å². The first-order chi connectivity index (χ1) is 6.16. The van der Waals surface area contributed by atoms with Crippen LogP contribution in [0.4, 0.5) is 0 Å². The van der Waals surface area contributed by atoms with Crippen molar-refractivity contribution in [1.29, 1.82) is 0 Å². The molecule has 0 amide bonds. The summed E-state index contributed by atoms with van der Waals surface area (Å²) in [5.41, 5.74) is 2.71. The first-order valence-corrected chi connectivity index (χ1v) is 5.63. The Morgan fingerprint density at radius 3 is 2.69 bits per heavy atom. The maximum Gasteiger partial charge on any atom is 0.0299 e. The van der Waals surface area contributed by atoms with Gasteiger partial charge in [0.05, 0.1) is 0 Å². The highest BCUT2D eigenvalue weighted by Crippen LogP contribution is 2.29. The summed E-state index contributed by atoms with van der Waals surface area (Å²) in [6.07, 6.45) is 4.98. The molecule has 72 valence electrons. The molecule has 0 bridgehead atoms.